The Morgan fingerprint density at radius 1 is 1.33 bits per heavy atom. The zero-order valence-corrected chi connectivity index (χ0v) is 15.0. The standard InChI is InChI=1S/C17H25ClN2O4/c1-4-12(2)16(17(22)23)19-11-15(21)20(3)9-10-24-14-7-5-13(18)6-8-14/h5-8,12,16,19H,4,9-11H2,1-3H3,(H,22,23)/t12-,16-/m0/s1. The van der Waals surface area contributed by atoms with Crippen molar-refractivity contribution >= 4 is 23.5 Å². The smallest absolute Gasteiger partial charge is 0.320 e. The molecule has 0 aliphatic rings. The lowest BCUT2D eigenvalue weighted by Crippen LogP contribution is -2.47. The average Bonchev–Trinajstić information content (AvgIpc) is 2.55. The third-order valence-electron chi connectivity index (χ3n) is 3.89. The fourth-order valence-electron chi connectivity index (χ4n) is 2.06. The van der Waals surface area contributed by atoms with Crippen LogP contribution in [0.3, 0.4) is 0 Å². The van der Waals surface area contributed by atoms with Crippen molar-refractivity contribution in [1.82, 2.24) is 10.2 Å². The highest BCUT2D eigenvalue weighted by molar-refractivity contribution is 6.30. The van der Waals surface area contributed by atoms with E-state index >= 15 is 0 Å². The Labute approximate surface area is 147 Å². The van der Waals surface area contributed by atoms with Crippen molar-refractivity contribution in [3.63, 3.8) is 0 Å². The van der Waals surface area contributed by atoms with E-state index in [-0.39, 0.29) is 18.4 Å². The molecule has 0 saturated carbocycles. The molecule has 24 heavy (non-hydrogen) atoms. The Hall–Kier alpha value is -1.79. The maximum atomic E-state index is 12.1. The van der Waals surface area contributed by atoms with Crippen LogP contribution in [0.15, 0.2) is 24.3 Å². The number of benzene rings is 1. The molecule has 6 nitrogen and oxygen atoms in total. The molecule has 0 bridgehead atoms. The molecule has 7 heteroatoms. The van der Waals surface area contributed by atoms with Gasteiger partial charge in [0.25, 0.3) is 0 Å². The van der Waals surface area contributed by atoms with Gasteiger partial charge < -0.3 is 14.7 Å². The second-order valence-corrected chi connectivity index (χ2v) is 6.14. The Balaban J connectivity index is 2.36. The lowest BCUT2D eigenvalue weighted by Gasteiger charge is -2.22. The first-order valence-corrected chi connectivity index (χ1v) is 8.31. The molecule has 0 spiro atoms. The molecular formula is C17H25ClN2O4. The number of nitrogens with one attached hydrogen (secondary N) is 1. The number of carbonyl (C=O) groups excluding carboxylic acids is 1. The van der Waals surface area contributed by atoms with Crippen LogP contribution in [0.1, 0.15) is 20.3 Å². The Bertz CT molecular complexity index is 536. The lowest BCUT2D eigenvalue weighted by molar-refractivity contribution is -0.141. The minimum absolute atomic E-state index is 0.0151. The molecule has 1 rings (SSSR count). The molecular weight excluding hydrogens is 332 g/mol. The van der Waals surface area contributed by atoms with E-state index in [4.69, 9.17) is 16.3 Å². The summed E-state index contributed by atoms with van der Waals surface area (Å²) in [6, 6.07) is 6.26. The van der Waals surface area contributed by atoms with E-state index < -0.39 is 12.0 Å². The second kappa shape index (κ2) is 10.2. The van der Waals surface area contributed by atoms with Crippen LogP contribution in [0.2, 0.25) is 5.02 Å². The minimum atomic E-state index is -0.939. The van der Waals surface area contributed by atoms with Crippen molar-refractivity contribution in [1.29, 1.82) is 0 Å². The SMILES string of the molecule is CC[C@H](C)[C@H](NCC(=O)N(C)CCOc1ccc(Cl)cc1)C(=O)O. The Morgan fingerprint density at radius 2 is 1.96 bits per heavy atom. The number of hydrogen-bond donors (Lipinski definition) is 2. The maximum absolute atomic E-state index is 12.1. The molecule has 0 aliphatic heterocycles. The number of carboxylic acid groups (broad SMARTS) is 1. The molecule has 0 aliphatic carbocycles. The topological polar surface area (TPSA) is 78.9 Å². The first-order chi connectivity index (χ1) is 11.3. The number of rotatable bonds is 10. The van der Waals surface area contributed by atoms with Gasteiger partial charge in [-0.1, -0.05) is 31.9 Å². The number of nitrogens with zero attached hydrogens (tertiary/aromatic N) is 1. The van der Waals surface area contributed by atoms with Gasteiger partial charge in [0, 0.05) is 12.1 Å². The fourth-order valence-corrected chi connectivity index (χ4v) is 2.18. The summed E-state index contributed by atoms with van der Waals surface area (Å²) in [5, 5.41) is 12.6. The summed E-state index contributed by atoms with van der Waals surface area (Å²) in [4.78, 5) is 24.8. The van der Waals surface area contributed by atoms with E-state index in [9.17, 15) is 14.7 Å². The summed E-state index contributed by atoms with van der Waals surface area (Å²) in [6.07, 6.45) is 0.725. The van der Waals surface area contributed by atoms with Crippen LogP contribution in [0.5, 0.6) is 5.75 Å². The molecule has 2 atom stereocenters. The van der Waals surface area contributed by atoms with Gasteiger partial charge in [-0.2, -0.15) is 0 Å². The Morgan fingerprint density at radius 3 is 2.50 bits per heavy atom. The number of carbonyl (C=O) groups is 2. The largest absolute Gasteiger partial charge is 0.492 e. The number of aliphatic carboxylic acids is 1. The summed E-state index contributed by atoms with van der Waals surface area (Å²) in [5.41, 5.74) is 0. The first kappa shape index (κ1) is 20.3. The number of likely N-dealkylation sites (N-methyl/N-ethyl adjacent to an activating group) is 1. The molecule has 1 aromatic rings. The van der Waals surface area contributed by atoms with Crippen LogP contribution in [-0.2, 0) is 9.59 Å². The van der Waals surface area contributed by atoms with E-state index in [0.717, 1.165) is 6.42 Å². The van der Waals surface area contributed by atoms with Crippen LogP contribution in [-0.4, -0.2) is 54.7 Å². The van der Waals surface area contributed by atoms with Crippen LogP contribution in [0.4, 0.5) is 0 Å². The van der Waals surface area contributed by atoms with E-state index in [0.29, 0.717) is 23.9 Å². The molecule has 0 fully saturated rings. The summed E-state index contributed by atoms with van der Waals surface area (Å²) < 4.78 is 5.53. The summed E-state index contributed by atoms with van der Waals surface area (Å²) in [6.45, 7) is 4.50. The monoisotopic (exact) mass is 356 g/mol. The predicted molar refractivity (Wildman–Crippen MR) is 93.5 cm³/mol. The molecule has 0 unspecified atom stereocenters. The highest BCUT2D eigenvalue weighted by Gasteiger charge is 2.24. The summed E-state index contributed by atoms with van der Waals surface area (Å²) in [7, 11) is 1.66. The number of hydrogen-bond acceptors (Lipinski definition) is 4. The van der Waals surface area contributed by atoms with Crippen molar-refractivity contribution in [2.24, 2.45) is 5.92 Å². The van der Waals surface area contributed by atoms with Gasteiger partial charge in [0.1, 0.15) is 18.4 Å². The van der Waals surface area contributed by atoms with Gasteiger partial charge in [-0.05, 0) is 30.2 Å². The van der Waals surface area contributed by atoms with Gasteiger partial charge >= 0.3 is 5.97 Å². The molecule has 1 aromatic carbocycles. The van der Waals surface area contributed by atoms with Crippen LogP contribution in [0, 0.1) is 5.92 Å². The normalized spacial score (nSPS) is 13.2. The van der Waals surface area contributed by atoms with Crippen LogP contribution < -0.4 is 10.1 Å². The predicted octanol–water partition coefficient (Wildman–Crippen LogP) is 2.27. The highest BCUT2D eigenvalue weighted by atomic mass is 35.5. The van der Waals surface area contributed by atoms with Gasteiger partial charge in [0.2, 0.25) is 5.91 Å². The van der Waals surface area contributed by atoms with Gasteiger partial charge in [-0.15, -0.1) is 0 Å². The van der Waals surface area contributed by atoms with Crippen molar-refractivity contribution < 1.29 is 19.4 Å². The second-order valence-electron chi connectivity index (χ2n) is 5.70. The van der Waals surface area contributed by atoms with Gasteiger partial charge in [-0.3, -0.25) is 14.9 Å². The summed E-state index contributed by atoms with van der Waals surface area (Å²) >= 11 is 5.80. The molecule has 0 aromatic heterocycles. The molecule has 2 N–H and O–H groups in total. The number of ether oxygens (including phenoxy) is 1. The van der Waals surface area contributed by atoms with Gasteiger partial charge in [0.15, 0.2) is 0 Å². The molecule has 0 saturated heterocycles. The van der Waals surface area contributed by atoms with E-state index in [2.05, 4.69) is 5.32 Å². The first-order valence-electron chi connectivity index (χ1n) is 7.93. The maximum Gasteiger partial charge on any atom is 0.320 e. The molecule has 0 heterocycles. The number of amides is 1. The number of carboxylic acids is 1. The van der Waals surface area contributed by atoms with Crippen molar-refractivity contribution in [3.8, 4) is 5.75 Å². The van der Waals surface area contributed by atoms with Gasteiger partial charge in [-0.25, -0.2) is 0 Å². The van der Waals surface area contributed by atoms with Crippen LogP contribution >= 0.6 is 11.6 Å². The van der Waals surface area contributed by atoms with Crippen LogP contribution in [0.25, 0.3) is 0 Å². The van der Waals surface area contributed by atoms with Crippen molar-refractivity contribution in [3.05, 3.63) is 29.3 Å². The fraction of sp³-hybridized carbons (Fsp3) is 0.529. The molecule has 134 valence electrons. The third-order valence-corrected chi connectivity index (χ3v) is 4.14. The minimum Gasteiger partial charge on any atom is -0.492 e. The van der Waals surface area contributed by atoms with E-state index in [1.54, 1.807) is 31.3 Å². The van der Waals surface area contributed by atoms with Crippen molar-refractivity contribution in [2.45, 2.75) is 26.3 Å². The Kier molecular flexibility index (Phi) is 8.57. The highest BCUT2D eigenvalue weighted by Crippen LogP contribution is 2.15. The molecule has 0 radical (unpaired) electrons. The van der Waals surface area contributed by atoms with Gasteiger partial charge in [0.05, 0.1) is 13.1 Å². The van der Waals surface area contributed by atoms with E-state index in [1.807, 2.05) is 13.8 Å². The third kappa shape index (κ3) is 6.76. The quantitative estimate of drug-likeness (QED) is 0.672. The van der Waals surface area contributed by atoms with Crippen molar-refractivity contribution in [2.75, 3.05) is 26.7 Å². The summed E-state index contributed by atoms with van der Waals surface area (Å²) in [5.74, 6) is -0.481. The number of halogens is 1. The van der Waals surface area contributed by atoms with E-state index in [1.165, 1.54) is 4.90 Å². The lowest BCUT2D eigenvalue weighted by atomic mass is 9.99. The zero-order chi connectivity index (χ0) is 18.1. The zero-order valence-electron chi connectivity index (χ0n) is 14.3. The molecule has 1 amide bonds. The average molecular weight is 357 g/mol.